The van der Waals surface area contributed by atoms with E-state index in [0.29, 0.717) is 18.4 Å². The quantitative estimate of drug-likeness (QED) is 0.306. The third-order valence-electron chi connectivity index (χ3n) is 6.86. The van der Waals surface area contributed by atoms with Crippen molar-refractivity contribution in [2.75, 3.05) is 5.32 Å². The number of hydrogen-bond acceptors (Lipinski definition) is 6. The molecule has 2 N–H and O–H groups in total. The average molecular weight is 564 g/mol. The van der Waals surface area contributed by atoms with Gasteiger partial charge in [0.15, 0.2) is 0 Å². The van der Waals surface area contributed by atoms with Crippen LogP contribution in [0.15, 0.2) is 46.5 Å². The summed E-state index contributed by atoms with van der Waals surface area (Å²) < 4.78 is 83.9. The van der Waals surface area contributed by atoms with Crippen molar-refractivity contribution in [3.8, 4) is 11.3 Å². The molecule has 0 aliphatic heterocycles. The number of anilines is 1. The molecule has 1 aromatic carbocycles. The maximum atomic E-state index is 15.0. The summed E-state index contributed by atoms with van der Waals surface area (Å²) in [6.07, 6.45) is -1.16. The molecule has 3 aromatic heterocycles. The first-order chi connectivity index (χ1) is 18.8. The van der Waals surface area contributed by atoms with Gasteiger partial charge in [0.2, 0.25) is 0 Å². The van der Waals surface area contributed by atoms with Crippen molar-refractivity contribution >= 4 is 16.6 Å². The molecule has 1 atom stereocenters. The van der Waals surface area contributed by atoms with E-state index in [2.05, 4.69) is 20.4 Å². The van der Waals surface area contributed by atoms with Crippen molar-refractivity contribution in [2.24, 2.45) is 0 Å². The number of halogens is 6. The van der Waals surface area contributed by atoms with Gasteiger partial charge in [0, 0.05) is 36.3 Å². The van der Waals surface area contributed by atoms with E-state index in [1.807, 2.05) is 0 Å². The van der Waals surface area contributed by atoms with E-state index in [1.54, 1.807) is 12.0 Å². The van der Waals surface area contributed by atoms with E-state index in [1.165, 1.54) is 23.0 Å². The maximum Gasteiger partial charge on any atom is 0.423 e. The molecule has 4 aromatic rings. The van der Waals surface area contributed by atoms with Crippen LogP contribution in [0.25, 0.3) is 22.2 Å². The Hall–Kier alpha value is -4.23. The number of aryl methyl sites for hydroxylation is 2. The maximum absolute atomic E-state index is 15.0. The van der Waals surface area contributed by atoms with Crippen molar-refractivity contribution in [1.82, 2.24) is 24.7 Å². The summed E-state index contributed by atoms with van der Waals surface area (Å²) in [4.78, 5) is 32.9. The number of benzene rings is 1. The Morgan fingerprint density at radius 1 is 1.15 bits per heavy atom. The molecule has 1 aliphatic rings. The van der Waals surface area contributed by atoms with Gasteiger partial charge in [-0.05, 0) is 49.9 Å². The molecule has 0 spiro atoms. The van der Waals surface area contributed by atoms with Crippen LogP contribution < -0.4 is 16.4 Å². The molecule has 0 saturated carbocycles. The molecule has 8 nitrogen and oxygen atoms in total. The molecule has 0 bridgehead atoms. The molecular weight excluding hydrogens is 542 g/mol. The topological polar surface area (TPSA) is 106 Å². The van der Waals surface area contributed by atoms with Crippen LogP contribution in [0.4, 0.5) is 32.0 Å². The zero-order valence-corrected chi connectivity index (χ0v) is 21.0. The summed E-state index contributed by atoms with van der Waals surface area (Å²) in [5.41, 5.74) is -3.09. The summed E-state index contributed by atoms with van der Waals surface area (Å²) in [7, 11) is 0. The van der Waals surface area contributed by atoms with Crippen LogP contribution in [-0.2, 0) is 25.1 Å². The van der Waals surface area contributed by atoms with Crippen LogP contribution in [0.5, 0.6) is 0 Å². The molecule has 5 rings (SSSR count). The minimum atomic E-state index is -4.87. The van der Waals surface area contributed by atoms with Gasteiger partial charge in [-0.1, -0.05) is 0 Å². The monoisotopic (exact) mass is 564 g/mol. The molecule has 0 saturated heterocycles. The number of pyridine rings is 1. The fraction of sp³-hybridized carbons (Fsp3) is 0.346. The molecule has 40 heavy (non-hydrogen) atoms. The van der Waals surface area contributed by atoms with Crippen molar-refractivity contribution in [1.29, 1.82) is 0 Å². The molecule has 210 valence electrons. The molecule has 3 heterocycles. The lowest BCUT2D eigenvalue weighted by Gasteiger charge is -2.18. The van der Waals surface area contributed by atoms with Gasteiger partial charge >= 0.3 is 6.18 Å². The van der Waals surface area contributed by atoms with E-state index >= 15 is 4.39 Å². The standard InChI is InChI=1S/C26H22F6N6O2/c1-13(36-21-11-35-37-23(39)22(21)26(30,31)32)3-2-6-38-12-34-20-9-15(18(27)8-16(20)24(38)40)19-7-14-4-5-25(28,29)17(14)10-33-19/h7-13H,2-6H2,1H3,(H2,36,37,39)/t13-/m0/s1. The van der Waals surface area contributed by atoms with Gasteiger partial charge in [0.05, 0.1) is 34.8 Å². The van der Waals surface area contributed by atoms with Crippen molar-refractivity contribution in [3.05, 3.63) is 80.1 Å². The Morgan fingerprint density at radius 2 is 1.93 bits per heavy atom. The van der Waals surface area contributed by atoms with Gasteiger partial charge in [-0.15, -0.1) is 0 Å². The third kappa shape index (κ3) is 5.17. The second-order valence-corrected chi connectivity index (χ2v) is 9.70. The van der Waals surface area contributed by atoms with Crippen LogP contribution in [-0.4, -0.2) is 30.8 Å². The van der Waals surface area contributed by atoms with Gasteiger partial charge < -0.3 is 5.32 Å². The summed E-state index contributed by atoms with van der Waals surface area (Å²) >= 11 is 0. The highest BCUT2D eigenvalue weighted by Crippen LogP contribution is 2.42. The zero-order valence-electron chi connectivity index (χ0n) is 21.0. The highest BCUT2D eigenvalue weighted by atomic mass is 19.4. The van der Waals surface area contributed by atoms with Crippen molar-refractivity contribution < 1.29 is 26.3 Å². The van der Waals surface area contributed by atoms with E-state index < -0.39 is 46.3 Å². The first kappa shape index (κ1) is 27.3. The normalized spacial score (nSPS) is 15.3. The number of rotatable bonds is 7. The predicted octanol–water partition coefficient (Wildman–Crippen LogP) is 5.02. The smallest absolute Gasteiger partial charge is 0.381 e. The number of aromatic nitrogens is 5. The van der Waals surface area contributed by atoms with E-state index in [9.17, 15) is 31.5 Å². The summed E-state index contributed by atoms with van der Waals surface area (Å²) in [5, 5.41) is 7.82. The number of H-pyrrole nitrogens is 1. The summed E-state index contributed by atoms with van der Waals surface area (Å²) in [6.45, 7) is 1.77. The second-order valence-electron chi connectivity index (χ2n) is 9.70. The number of hydrogen-bond donors (Lipinski definition) is 2. The summed E-state index contributed by atoms with van der Waals surface area (Å²) in [5.74, 6) is -3.72. The number of nitrogens with one attached hydrogen (secondary N) is 2. The van der Waals surface area contributed by atoms with Gasteiger partial charge in [-0.2, -0.15) is 18.3 Å². The van der Waals surface area contributed by atoms with E-state index in [4.69, 9.17) is 0 Å². The van der Waals surface area contributed by atoms with E-state index in [0.717, 1.165) is 18.5 Å². The number of nitrogens with zero attached hydrogens (tertiary/aromatic N) is 4. The second kappa shape index (κ2) is 10.1. The highest BCUT2D eigenvalue weighted by Gasteiger charge is 2.40. The number of fused-ring (bicyclic) bond motifs is 2. The molecule has 0 radical (unpaired) electrons. The summed E-state index contributed by atoms with van der Waals surface area (Å²) in [6, 6.07) is 3.30. The molecule has 0 fully saturated rings. The van der Waals surface area contributed by atoms with Crippen LogP contribution in [0.2, 0.25) is 0 Å². The Balaban J connectivity index is 1.30. The lowest BCUT2D eigenvalue weighted by Crippen LogP contribution is -2.27. The molecular formula is C26H22F6N6O2. The fourth-order valence-electron chi connectivity index (χ4n) is 4.84. The first-order valence-electron chi connectivity index (χ1n) is 12.3. The number of alkyl halides is 5. The predicted molar refractivity (Wildman–Crippen MR) is 134 cm³/mol. The van der Waals surface area contributed by atoms with Crippen LogP contribution in [0, 0.1) is 5.82 Å². The average Bonchev–Trinajstić information content (AvgIpc) is 3.18. The molecule has 1 aliphatic carbocycles. The lowest BCUT2D eigenvalue weighted by atomic mass is 10.0. The van der Waals surface area contributed by atoms with Gasteiger partial charge in [-0.3, -0.25) is 19.1 Å². The van der Waals surface area contributed by atoms with Gasteiger partial charge in [-0.25, -0.2) is 23.3 Å². The SMILES string of the molecule is C[C@@H](CCCn1cnc2cc(-c3cc4c(cn3)C(F)(F)CC4)c(F)cc2c1=O)Nc1cn[nH]c(=O)c1C(F)(F)F. The first-order valence-corrected chi connectivity index (χ1v) is 12.3. The number of aromatic amines is 1. The minimum Gasteiger partial charge on any atom is -0.381 e. The lowest BCUT2D eigenvalue weighted by molar-refractivity contribution is -0.138. The Labute approximate surface area is 222 Å². The Bertz CT molecular complexity index is 1720. The molecule has 0 amide bonds. The van der Waals surface area contributed by atoms with Crippen LogP contribution in [0.1, 0.15) is 42.9 Å². The Kier molecular flexibility index (Phi) is 6.88. The van der Waals surface area contributed by atoms with Crippen LogP contribution in [0.3, 0.4) is 0 Å². The zero-order chi connectivity index (χ0) is 28.8. The highest BCUT2D eigenvalue weighted by molar-refractivity contribution is 5.83. The van der Waals surface area contributed by atoms with E-state index in [-0.39, 0.29) is 47.1 Å². The van der Waals surface area contributed by atoms with Crippen molar-refractivity contribution in [3.63, 3.8) is 0 Å². The van der Waals surface area contributed by atoms with Crippen molar-refractivity contribution in [2.45, 2.75) is 57.3 Å². The van der Waals surface area contributed by atoms with Gasteiger partial charge in [0.1, 0.15) is 11.4 Å². The van der Waals surface area contributed by atoms with Gasteiger partial charge in [0.25, 0.3) is 17.0 Å². The van der Waals surface area contributed by atoms with Crippen LogP contribution >= 0.6 is 0 Å². The largest absolute Gasteiger partial charge is 0.423 e. The third-order valence-corrected chi connectivity index (χ3v) is 6.86. The minimum absolute atomic E-state index is 0.00650. The fourth-order valence-corrected chi connectivity index (χ4v) is 4.84. The molecule has 0 unspecified atom stereocenters. The molecule has 14 heteroatoms. The Morgan fingerprint density at radius 3 is 2.67 bits per heavy atom.